The van der Waals surface area contributed by atoms with Crippen molar-refractivity contribution in [1.29, 1.82) is 0 Å². The first kappa shape index (κ1) is 11.6. The molecule has 1 fully saturated rings. The predicted octanol–water partition coefficient (Wildman–Crippen LogP) is 3.71. The molecule has 2 aromatic carbocycles. The summed E-state index contributed by atoms with van der Waals surface area (Å²) in [7, 11) is 0. The number of benzene rings is 2. The van der Waals surface area contributed by atoms with Crippen LogP contribution < -0.4 is 0 Å². The second-order valence-corrected chi connectivity index (χ2v) is 5.43. The Balaban J connectivity index is 1.78. The van der Waals surface area contributed by atoms with Gasteiger partial charge in [0, 0.05) is 11.5 Å². The highest BCUT2D eigenvalue weighted by Crippen LogP contribution is 2.37. The minimum atomic E-state index is 0.429. The molecule has 0 amide bonds. The third kappa shape index (κ3) is 1.88. The molecule has 4 rings (SSSR count). The zero-order valence-electron chi connectivity index (χ0n) is 11.2. The molecule has 0 bridgehead atoms. The monoisotopic (exact) mass is 260 g/mol. The lowest BCUT2D eigenvalue weighted by Gasteiger charge is -2.37. The van der Waals surface area contributed by atoms with Gasteiger partial charge in [-0.3, -0.25) is 4.99 Å². The van der Waals surface area contributed by atoms with Crippen LogP contribution in [0.1, 0.15) is 24.0 Å². The van der Waals surface area contributed by atoms with Crippen LogP contribution in [0, 0.1) is 5.92 Å². The molecule has 2 aliphatic rings. The number of hydrogen-bond acceptors (Lipinski definition) is 2. The minimum Gasteiger partial charge on any atom is -0.262 e. The van der Waals surface area contributed by atoms with Crippen LogP contribution in [-0.2, 0) is 0 Å². The molecule has 0 spiro atoms. The Labute approximate surface area is 118 Å². The summed E-state index contributed by atoms with van der Waals surface area (Å²) in [5.74, 6) is 1.41. The molecule has 2 unspecified atom stereocenters. The Morgan fingerprint density at radius 2 is 1.40 bits per heavy atom. The van der Waals surface area contributed by atoms with Gasteiger partial charge in [-0.05, 0) is 18.4 Å². The van der Waals surface area contributed by atoms with E-state index in [-0.39, 0.29) is 0 Å². The molecule has 0 aromatic heterocycles. The molecule has 20 heavy (non-hydrogen) atoms. The van der Waals surface area contributed by atoms with E-state index in [0.29, 0.717) is 12.0 Å². The fourth-order valence-electron chi connectivity index (χ4n) is 2.95. The van der Waals surface area contributed by atoms with Crippen LogP contribution in [0.3, 0.4) is 0 Å². The van der Waals surface area contributed by atoms with E-state index in [2.05, 4.69) is 42.5 Å². The van der Waals surface area contributed by atoms with Crippen molar-refractivity contribution in [3.63, 3.8) is 0 Å². The molecular formula is C18H16N2. The normalized spacial score (nSPS) is 24.2. The Hall–Kier alpha value is -2.22. The lowest BCUT2D eigenvalue weighted by molar-refractivity contribution is 0.338. The van der Waals surface area contributed by atoms with E-state index in [9.17, 15) is 0 Å². The molecule has 98 valence electrons. The summed E-state index contributed by atoms with van der Waals surface area (Å²) in [5, 5.41) is 0. The Morgan fingerprint density at radius 3 is 2.00 bits per heavy atom. The number of aliphatic imine (C=N–C) groups is 2. The Kier molecular flexibility index (Phi) is 2.73. The lowest BCUT2D eigenvalue weighted by atomic mass is 9.74. The zero-order chi connectivity index (χ0) is 13.4. The van der Waals surface area contributed by atoms with Gasteiger partial charge in [0.2, 0.25) is 0 Å². The van der Waals surface area contributed by atoms with Gasteiger partial charge in [-0.2, -0.15) is 0 Å². The number of amidine groups is 1. The Morgan fingerprint density at radius 1 is 0.750 bits per heavy atom. The van der Waals surface area contributed by atoms with Crippen molar-refractivity contribution in [3.05, 3.63) is 71.8 Å². The Bertz CT molecular complexity index is 671. The second-order valence-electron chi connectivity index (χ2n) is 5.43. The molecule has 0 saturated heterocycles. The largest absolute Gasteiger partial charge is 0.262 e. The molecule has 2 aromatic rings. The van der Waals surface area contributed by atoms with Gasteiger partial charge in [-0.15, -0.1) is 0 Å². The molecule has 2 nitrogen and oxygen atoms in total. The molecule has 0 radical (unpaired) electrons. The van der Waals surface area contributed by atoms with E-state index < -0.39 is 0 Å². The summed E-state index contributed by atoms with van der Waals surface area (Å²) in [6, 6.07) is 21.2. The summed E-state index contributed by atoms with van der Waals surface area (Å²) in [4.78, 5) is 9.70. The van der Waals surface area contributed by atoms with Gasteiger partial charge in [0.05, 0.1) is 11.8 Å². The van der Waals surface area contributed by atoms with Crippen LogP contribution in [0.5, 0.6) is 0 Å². The van der Waals surface area contributed by atoms with Gasteiger partial charge < -0.3 is 0 Å². The van der Waals surface area contributed by atoms with Crippen LogP contribution >= 0.6 is 0 Å². The van der Waals surface area contributed by atoms with Gasteiger partial charge in [0.25, 0.3) is 0 Å². The highest BCUT2D eigenvalue weighted by Gasteiger charge is 2.38. The molecule has 1 heterocycles. The molecular weight excluding hydrogens is 244 g/mol. The molecule has 1 aliphatic carbocycles. The van der Waals surface area contributed by atoms with Crippen molar-refractivity contribution >= 4 is 11.5 Å². The first-order valence-electron chi connectivity index (χ1n) is 7.19. The molecule has 0 N–H and O–H groups in total. The third-order valence-corrected chi connectivity index (χ3v) is 4.21. The molecule has 1 saturated carbocycles. The molecule has 2 heteroatoms. The van der Waals surface area contributed by atoms with Crippen molar-refractivity contribution in [2.24, 2.45) is 15.9 Å². The van der Waals surface area contributed by atoms with E-state index in [4.69, 9.17) is 9.98 Å². The van der Waals surface area contributed by atoms with Crippen molar-refractivity contribution < 1.29 is 0 Å². The van der Waals surface area contributed by atoms with E-state index in [1.807, 2.05) is 18.2 Å². The summed E-state index contributed by atoms with van der Waals surface area (Å²) in [6.45, 7) is 0. The van der Waals surface area contributed by atoms with Gasteiger partial charge in [0.1, 0.15) is 0 Å². The standard InChI is InChI=1S/C18H16N2/c1-3-7-13(8-4-1)17-15-11-12-16(15)19-18(20-17)14-9-5-2-6-10-14/h1-10,15-16H,11-12H2. The van der Waals surface area contributed by atoms with Gasteiger partial charge in [-0.1, -0.05) is 60.7 Å². The maximum absolute atomic E-state index is 4.87. The number of rotatable bonds is 2. The molecule has 2 atom stereocenters. The average molecular weight is 260 g/mol. The zero-order valence-corrected chi connectivity index (χ0v) is 11.2. The van der Waals surface area contributed by atoms with Gasteiger partial charge in [-0.25, -0.2) is 4.99 Å². The number of nitrogens with zero attached hydrogens (tertiary/aromatic N) is 2. The van der Waals surface area contributed by atoms with Crippen LogP contribution in [0.2, 0.25) is 0 Å². The summed E-state index contributed by atoms with van der Waals surface area (Å²) in [5.41, 5.74) is 3.58. The quantitative estimate of drug-likeness (QED) is 0.786. The predicted molar refractivity (Wildman–Crippen MR) is 82.5 cm³/mol. The van der Waals surface area contributed by atoms with Crippen LogP contribution in [0.4, 0.5) is 0 Å². The van der Waals surface area contributed by atoms with E-state index >= 15 is 0 Å². The first-order valence-corrected chi connectivity index (χ1v) is 7.19. The number of fused-ring (bicyclic) bond motifs is 1. The van der Waals surface area contributed by atoms with Crippen molar-refractivity contribution in [2.75, 3.05) is 0 Å². The maximum Gasteiger partial charge on any atom is 0.155 e. The van der Waals surface area contributed by atoms with E-state index in [0.717, 1.165) is 11.4 Å². The average Bonchev–Trinajstić information content (AvgIpc) is 2.50. The van der Waals surface area contributed by atoms with Crippen molar-refractivity contribution in [3.8, 4) is 0 Å². The maximum atomic E-state index is 4.87. The summed E-state index contributed by atoms with van der Waals surface area (Å²) in [6.07, 6.45) is 2.40. The van der Waals surface area contributed by atoms with Gasteiger partial charge in [0.15, 0.2) is 5.84 Å². The van der Waals surface area contributed by atoms with E-state index in [1.165, 1.54) is 24.1 Å². The summed E-state index contributed by atoms with van der Waals surface area (Å²) >= 11 is 0. The highest BCUT2D eigenvalue weighted by atomic mass is 15.0. The lowest BCUT2D eigenvalue weighted by Crippen LogP contribution is -2.40. The third-order valence-electron chi connectivity index (χ3n) is 4.21. The van der Waals surface area contributed by atoms with Crippen LogP contribution in [0.25, 0.3) is 0 Å². The molecule has 1 aliphatic heterocycles. The smallest absolute Gasteiger partial charge is 0.155 e. The first-order chi connectivity index (χ1) is 9.92. The van der Waals surface area contributed by atoms with Crippen LogP contribution in [0.15, 0.2) is 70.6 Å². The van der Waals surface area contributed by atoms with Crippen LogP contribution in [-0.4, -0.2) is 17.6 Å². The van der Waals surface area contributed by atoms with Crippen molar-refractivity contribution in [2.45, 2.75) is 18.9 Å². The second kappa shape index (κ2) is 4.71. The topological polar surface area (TPSA) is 24.7 Å². The van der Waals surface area contributed by atoms with Crippen molar-refractivity contribution in [1.82, 2.24) is 0 Å². The minimum absolute atomic E-state index is 0.429. The highest BCUT2D eigenvalue weighted by molar-refractivity contribution is 6.15. The number of hydrogen-bond donors (Lipinski definition) is 0. The van der Waals surface area contributed by atoms with Gasteiger partial charge >= 0.3 is 0 Å². The SMILES string of the molecule is c1ccc(C2=NC3CCC3C(c3ccccc3)=N2)cc1. The van der Waals surface area contributed by atoms with E-state index in [1.54, 1.807) is 0 Å². The fraction of sp³-hybridized carbons (Fsp3) is 0.222. The summed E-state index contributed by atoms with van der Waals surface area (Å²) < 4.78 is 0. The fourth-order valence-corrected chi connectivity index (χ4v) is 2.95.